The quantitative estimate of drug-likeness (QED) is 0.531. The summed E-state index contributed by atoms with van der Waals surface area (Å²) in [7, 11) is 0. The Labute approximate surface area is 73.1 Å². The van der Waals surface area contributed by atoms with E-state index in [9.17, 15) is 4.79 Å². The molecule has 0 aliphatic heterocycles. The fraction of sp³-hybridized carbons (Fsp3) is 0.875. The molecule has 4 nitrogen and oxygen atoms in total. The van der Waals surface area contributed by atoms with Crippen molar-refractivity contribution >= 4 is 5.91 Å². The summed E-state index contributed by atoms with van der Waals surface area (Å²) in [6, 6.07) is -0.364. The minimum absolute atomic E-state index is 0.0932. The molecule has 0 aliphatic carbocycles. The highest BCUT2D eigenvalue weighted by molar-refractivity contribution is 5.81. The standard InChI is InChI=1S/C8H18N2O2/c1-6(4-3-5-11)10-8(12)7(2)9/h6-7,11H,3-5,9H2,1-2H3,(H,10,12). The molecule has 4 heteroatoms. The third-order valence-electron chi connectivity index (χ3n) is 1.60. The van der Waals surface area contributed by atoms with E-state index in [1.54, 1.807) is 6.92 Å². The van der Waals surface area contributed by atoms with E-state index >= 15 is 0 Å². The van der Waals surface area contributed by atoms with Crippen LogP contribution in [0.2, 0.25) is 0 Å². The Balaban J connectivity index is 3.54. The van der Waals surface area contributed by atoms with Crippen molar-refractivity contribution in [3.8, 4) is 0 Å². The first-order chi connectivity index (χ1) is 5.57. The van der Waals surface area contributed by atoms with Crippen LogP contribution in [0, 0.1) is 0 Å². The van der Waals surface area contributed by atoms with Gasteiger partial charge in [0.15, 0.2) is 0 Å². The average Bonchev–Trinajstić information content (AvgIpc) is 2.00. The molecule has 2 atom stereocenters. The molecule has 0 aromatic heterocycles. The van der Waals surface area contributed by atoms with Crippen molar-refractivity contribution in [1.29, 1.82) is 0 Å². The Hall–Kier alpha value is -0.610. The van der Waals surface area contributed by atoms with Gasteiger partial charge in [-0.25, -0.2) is 0 Å². The van der Waals surface area contributed by atoms with Crippen molar-refractivity contribution in [2.45, 2.75) is 38.8 Å². The molecule has 0 rings (SSSR count). The number of hydrogen-bond acceptors (Lipinski definition) is 3. The minimum atomic E-state index is -0.457. The number of carbonyl (C=O) groups is 1. The zero-order chi connectivity index (χ0) is 9.56. The van der Waals surface area contributed by atoms with Gasteiger partial charge >= 0.3 is 0 Å². The second-order valence-corrected chi connectivity index (χ2v) is 3.06. The van der Waals surface area contributed by atoms with Crippen LogP contribution in [-0.2, 0) is 4.79 Å². The Bertz CT molecular complexity index is 137. The minimum Gasteiger partial charge on any atom is -0.396 e. The summed E-state index contributed by atoms with van der Waals surface area (Å²) >= 11 is 0. The lowest BCUT2D eigenvalue weighted by Crippen LogP contribution is -2.42. The first kappa shape index (κ1) is 11.4. The van der Waals surface area contributed by atoms with E-state index in [4.69, 9.17) is 10.8 Å². The van der Waals surface area contributed by atoms with Crippen LogP contribution in [0.25, 0.3) is 0 Å². The van der Waals surface area contributed by atoms with Crippen LogP contribution in [0.1, 0.15) is 26.7 Å². The lowest BCUT2D eigenvalue weighted by molar-refractivity contribution is -0.122. The smallest absolute Gasteiger partial charge is 0.236 e. The molecule has 0 spiro atoms. The van der Waals surface area contributed by atoms with Crippen molar-refractivity contribution in [2.75, 3.05) is 6.61 Å². The Morgan fingerprint density at radius 2 is 2.17 bits per heavy atom. The molecule has 0 saturated heterocycles. The molecule has 0 aromatic carbocycles. The molecule has 0 aromatic rings. The SMILES string of the molecule is CC(CCCO)NC(=O)C(C)N. The van der Waals surface area contributed by atoms with E-state index in [-0.39, 0.29) is 18.6 Å². The molecule has 4 N–H and O–H groups in total. The molecule has 2 unspecified atom stereocenters. The summed E-state index contributed by atoms with van der Waals surface area (Å²) in [4.78, 5) is 11.0. The van der Waals surface area contributed by atoms with E-state index in [1.165, 1.54) is 0 Å². The van der Waals surface area contributed by atoms with Gasteiger partial charge in [0.2, 0.25) is 5.91 Å². The van der Waals surface area contributed by atoms with Crippen molar-refractivity contribution in [1.82, 2.24) is 5.32 Å². The van der Waals surface area contributed by atoms with Gasteiger partial charge in [0.1, 0.15) is 0 Å². The maximum absolute atomic E-state index is 11.0. The zero-order valence-corrected chi connectivity index (χ0v) is 7.71. The van der Waals surface area contributed by atoms with E-state index in [0.717, 1.165) is 6.42 Å². The number of aliphatic hydroxyl groups is 1. The van der Waals surface area contributed by atoms with Crippen molar-refractivity contribution in [3.63, 3.8) is 0 Å². The second kappa shape index (κ2) is 5.97. The van der Waals surface area contributed by atoms with Crippen LogP contribution in [0.4, 0.5) is 0 Å². The third-order valence-corrected chi connectivity index (χ3v) is 1.60. The van der Waals surface area contributed by atoms with Crippen molar-refractivity contribution < 1.29 is 9.90 Å². The molecule has 72 valence electrons. The highest BCUT2D eigenvalue weighted by atomic mass is 16.2. The van der Waals surface area contributed by atoms with Crippen molar-refractivity contribution in [3.05, 3.63) is 0 Å². The van der Waals surface area contributed by atoms with Gasteiger partial charge < -0.3 is 16.2 Å². The third kappa shape index (κ3) is 5.09. The van der Waals surface area contributed by atoms with E-state index in [1.807, 2.05) is 6.92 Å². The molecule has 0 heterocycles. The second-order valence-electron chi connectivity index (χ2n) is 3.06. The van der Waals surface area contributed by atoms with Crippen LogP contribution in [-0.4, -0.2) is 29.7 Å². The molecular weight excluding hydrogens is 156 g/mol. The summed E-state index contributed by atoms with van der Waals surface area (Å²) in [5.41, 5.74) is 5.35. The van der Waals surface area contributed by atoms with E-state index in [2.05, 4.69) is 5.32 Å². The number of carbonyl (C=O) groups excluding carboxylic acids is 1. The predicted molar refractivity (Wildman–Crippen MR) is 47.6 cm³/mol. The van der Waals surface area contributed by atoms with Gasteiger partial charge in [0.25, 0.3) is 0 Å². The molecule has 0 fully saturated rings. The topological polar surface area (TPSA) is 75.3 Å². The van der Waals surface area contributed by atoms with Crippen LogP contribution in [0.15, 0.2) is 0 Å². The fourth-order valence-electron chi connectivity index (χ4n) is 0.844. The number of nitrogens with two attached hydrogens (primary N) is 1. The van der Waals surface area contributed by atoms with Crippen LogP contribution in [0.5, 0.6) is 0 Å². The zero-order valence-electron chi connectivity index (χ0n) is 7.71. The van der Waals surface area contributed by atoms with E-state index < -0.39 is 6.04 Å². The summed E-state index contributed by atoms with van der Waals surface area (Å²) in [5, 5.41) is 11.3. The molecule has 12 heavy (non-hydrogen) atoms. The molecular formula is C8H18N2O2. The number of hydrogen-bond donors (Lipinski definition) is 3. The number of rotatable bonds is 5. The Morgan fingerprint density at radius 3 is 2.58 bits per heavy atom. The highest BCUT2D eigenvalue weighted by Crippen LogP contribution is 1.95. The van der Waals surface area contributed by atoms with Gasteiger partial charge in [-0.2, -0.15) is 0 Å². The summed E-state index contributed by atoms with van der Waals surface area (Å²) in [5.74, 6) is -0.138. The van der Waals surface area contributed by atoms with Crippen LogP contribution >= 0.6 is 0 Å². The molecule has 0 bridgehead atoms. The van der Waals surface area contributed by atoms with Gasteiger partial charge in [-0.15, -0.1) is 0 Å². The monoisotopic (exact) mass is 174 g/mol. The van der Waals surface area contributed by atoms with Gasteiger partial charge in [0.05, 0.1) is 6.04 Å². The Morgan fingerprint density at radius 1 is 1.58 bits per heavy atom. The summed E-state index contributed by atoms with van der Waals surface area (Å²) < 4.78 is 0. The normalized spacial score (nSPS) is 15.3. The molecule has 0 aliphatic rings. The van der Waals surface area contributed by atoms with Crippen LogP contribution in [0.3, 0.4) is 0 Å². The number of nitrogens with one attached hydrogen (secondary N) is 1. The van der Waals surface area contributed by atoms with Gasteiger partial charge in [-0.05, 0) is 26.7 Å². The van der Waals surface area contributed by atoms with E-state index in [0.29, 0.717) is 6.42 Å². The van der Waals surface area contributed by atoms with Crippen LogP contribution < -0.4 is 11.1 Å². The first-order valence-corrected chi connectivity index (χ1v) is 4.24. The lowest BCUT2D eigenvalue weighted by atomic mass is 10.2. The van der Waals surface area contributed by atoms with Crippen molar-refractivity contribution in [2.24, 2.45) is 5.73 Å². The molecule has 0 saturated carbocycles. The van der Waals surface area contributed by atoms with Gasteiger partial charge in [0, 0.05) is 12.6 Å². The fourth-order valence-corrected chi connectivity index (χ4v) is 0.844. The number of amides is 1. The van der Waals surface area contributed by atoms with Gasteiger partial charge in [-0.3, -0.25) is 4.79 Å². The largest absolute Gasteiger partial charge is 0.396 e. The summed E-state index contributed by atoms with van der Waals surface area (Å²) in [6.45, 7) is 3.71. The maximum atomic E-state index is 11.0. The molecule has 0 radical (unpaired) electrons. The first-order valence-electron chi connectivity index (χ1n) is 4.24. The summed E-state index contributed by atoms with van der Waals surface area (Å²) in [6.07, 6.45) is 1.50. The average molecular weight is 174 g/mol. The van der Waals surface area contributed by atoms with Gasteiger partial charge in [-0.1, -0.05) is 0 Å². The lowest BCUT2D eigenvalue weighted by Gasteiger charge is -2.14. The maximum Gasteiger partial charge on any atom is 0.236 e. The molecule has 1 amide bonds. The highest BCUT2D eigenvalue weighted by Gasteiger charge is 2.09. The number of aliphatic hydroxyl groups excluding tert-OH is 1. The Kier molecular flexibility index (Phi) is 5.66. The predicted octanol–water partition coefficient (Wildman–Crippen LogP) is -0.389.